The third-order valence-electron chi connectivity index (χ3n) is 3.99. The van der Waals surface area contributed by atoms with Gasteiger partial charge in [0.2, 0.25) is 0 Å². The normalized spacial score (nSPS) is 27.3. The van der Waals surface area contributed by atoms with Gasteiger partial charge in [0.15, 0.2) is 0 Å². The monoisotopic (exact) mass is 260 g/mol. The van der Waals surface area contributed by atoms with Crippen LogP contribution in [0.1, 0.15) is 57.8 Å². The standard InChI is InChI=1S/C12H21O4P/c13-17(14-10-4-1-5-10,15-11-6-2-7-11)16-12-8-3-9-12/h10-12H,1-9H2. The van der Waals surface area contributed by atoms with E-state index >= 15 is 0 Å². The van der Waals surface area contributed by atoms with Crippen LogP contribution < -0.4 is 0 Å². The first kappa shape index (κ1) is 12.2. The highest BCUT2D eigenvalue weighted by Gasteiger charge is 2.40. The fraction of sp³-hybridized carbons (Fsp3) is 1.00. The summed E-state index contributed by atoms with van der Waals surface area (Å²) >= 11 is 0. The lowest BCUT2D eigenvalue weighted by atomic mass is 9.97. The summed E-state index contributed by atoms with van der Waals surface area (Å²) in [6.45, 7) is 0. The Morgan fingerprint density at radius 2 is 0.941 bits per heavy atom. The average molecular weight is 260 g/mol. The lowest BCUT2D eigenvalue weighted by Gasteiger charge is -2.36. The van der Waals surface area contributed by atoms with Crippen LogP contribution in [0.5, 0.6) is 0 Å². The lowest BCUT2D eigenvalue weighted by molar-refractivity contribution is -0.0197. The van der Waals surface area contributed by atoms with Crippen LogP contribution in [-0.4, -0.2) is 18.3 Å². The van der Waals surface area contributed by atoms with Crippen molar-refractivity contribution >= 4 is 7.82 Å². The molecule has 0 aromatic rings. The van der Waals surface area contributed by atoms with E-state index in [-0.39, 0.29) is 18.3 Å². The molecule has 0 bridgehead atoms. The molecule has 0 aliphatic heterocycles. The Bertz CT molecular complexity index is 260. The van der Waals surface area contributed by atoms with E-state index in [1.54, 1.807) is 0 Å². The third-order valence-corrected chi connectivity index (χ3v) is 5.66. The molecule has 0 spiro atoms. The molecule has 98 valence electrons. The molecule has 0 unspecified atom stereocenters. The zero-order valence-corrected chi connectivity index (χ0v) is 11.1. The number of rotatable bonds is 6. The van der Waals surface area contributed by atoms with Crippen LogP contribution in [0.3, 0.4) is 0 Å². The number of hydrogen-bond donors (Lipinski definition) is 0. The first-order valence-corrected chi connectivity index (χ1v) is 8.35. The fourth-order valence-electron chi connectivity index (χ4n) is 2.05. The van der Waals surface area contributed by atoms with Gasteiger partial charge >= 0.3 is 7.82 Å². The smallest absolute Gasteiger partial charge is 0.284 e. The minimum atomic E-state index is -3.28. The Hall–Kier alpha value is 0.110. The molecule has 0 heterocycles. The fourth-order valence-corrected chi connectivity index (χ4v) is 3.93. The third kappa shape index (κ3) is 2.93. The van der Waals surface area contributed by atoms with Crippen molar-refractivity contribution in [2.24, 2.45) is 0 Å². The Kier molecular flexibility index (Phi) is 3.58. The van der Waals surface area contributed by atoms with Crippen LogP contribution in [0.15, 0.2) is 0 Å². The predicted molar refractivity (Wildman–Crippen MR) is 63.8 cm³/mol. The van der Waals surface area contributed by atoms with Gasteiger partial charge in [-0.25, -0.2) is 4.57 Å². The molecule has 0 aromatic carbocycles. The molecule has 0 N–H and O–H groups in total. The molecule has 5 heteroatoms. The van der Waals surface area contributed by atoms with E-state index in [0.717, 1.165) is 57.8 Å². The summed E-state index contributed by atoms with van der Waals surface area (Å²) in [6.07, 6.45) is 9.74. The van der Waals surface area contributed by atoms with Gasteiger partial charge in [-0.2, -0.15) is 0 Å². The molecule has 0 radical (unpaired) electrons. The molecule has 17 heavy (non-hydrogen) atoms. The van der Waals surface area contributed by atoms with Crippen molar-refractivity contribution in [3.8, 4) is 0 Å². The number of phosphoric acid groups is 1. The van der Waals surface area contributed by atoms with Crippen LogP contribution in [0.2, 0.25) is 0 Å². The van der Waals surface area contributed by atoms with Gasteiger partial charge in [0.1, 0.15) is 0 Å². The number of phosphoric ester groups is 1. The summed E-state index contributed by atoms with van der Waals surface area (Å²) < 4.78 is 29.3. The molecule has 4 nitrogen and oxygen atoms in total. The van der Waals surface area contributed by atoms with Crippen LogP contribution in [-0.2, 0) is 18.1 Å². The molecule has 3 aliphatic rings. The maximum atomic E-state index is 12.6. The second-order valence-corrected chi connectivity index (χ2v) is 6.95. The molecule has 3 rings (SSSR count). The minimum absolute atomic E-state index is 0.0981. The Morgan fingerprint density at radius 1 is 0.647 bits per heavy atom. The molecule has 0 atom stereocenters. The Labute approximate surface area is 103 Å². The molecular weight excluding hydrogens is 239 g/mol. The highest BCUT2D eigenvalue weighted by atomic mass is 31.2. The predicted octanol–water partition coefficient (Wildman–Crippen LogP) is 3.80. The quantitative estimate of drug-likeness (QED) is 0.681. The Morgan fingerprint density at radius 3 is 1.12 bits per heavy atom. The van der Waals surface area contributed by atoms with E-state index in [2.05, 4.69) is 0 Å². The van der Waals surface area contributed by atoms with Crippen LogP contribution in [0, 0.1) is 0 Å². The topological polar surface area (TPSA) is 44.8 Å². The van der Waals surface area contributed by atoms with Gasteiger partial charge in [-0.1, -0.05) is 0 Å². The van der Waals surface area contributed by atoms with E-state index in [4.69, 9.17) is 13.6 Å². The highest BCUT2D eigenvalue weighted by molar-refractivity contribution is 7.48. The van der Waals surface area contributed by atoms with Crippen molar-refractivity contribution in [1.29, 1.82) is 0 Å². The zero-order chi connectivity index (χ0) is 11.7. The van der Waals surface area contributed by atoms with Crippen molar-refractivity contribution in [2.75, 3.05) is 0 Å². The van der Waals surface area contributed by atoms with E-state index in [0.29, 0.717) is 0 Å². The van der Waals surface area contributed by atoms with Crippen LogP contribution >= 0.6 is 7.82 Å². The second kappa shape index (κ2) is 5.00. The van der Waals surface area contributed by atoms with Crippen LogP contribution in [0.4, 0.5) is 0 Å². The van der Waals surface area contributed by atoms with Gasteiger partial charge in [-0.05, 0) is 57.8 Å². The SMILES string of the molecule is O=P(OC1CCC1)(OC1CCC1)OC1CCC1. The molecule has 0 saturated heterocycles. The summed E-state index contributed by atoms with van der Waals surface area (Å²) in [5.74, 6) is 0. The summed E-state index contributed by atoms with van der Waals surface area (Å²) in [5, 5.41) is 0. The summed E-state index contributed by atoms with van der Waals surface area (Å²) in [5.41, 5.74) is 0. The van der Waals surface area contributed by atoms with Gasteiger partial charge in [-0.15, -0.1) is 0 Å². The zero-order valence-electron chi connectivity index (χ0n) is 10.2. The summed E-state index contributed by atoms with van der Waals surface area (Å²) in [7, 11) is -3.28. The maximum absolute atomic E-state index is 12.6. The van der Waals surface area contributed by atoms with Gasteiger partial charge in [0, 0.05) is 0 Å². The van der Waals surface area contributed by atoms with E-state index < -0.39 is 7.82 Å². The molecular formula is C12H21O4P. The van der Waals surface area contributed by atoms with Gasteiger partial charge in [0.25, 0.3) is 0 Å². The molecule has 0 aromatic heterocycles. The first-order valence-electron chi connectivity index (χ1n) is 6.89. The average Bonchev–Trinajstić information content (AvgIpc) is 2.13. The van der Waals surface area contributed by atoms with Gasteiger partial charge < -0.3 is 0 Å². The van der Waals surface area contributed by atoms with Crippen molar-refractivity contribution in [2.45, 2.75) is 76.1 Å². The van der Waals surface area contributed by atoms with E-state index in [9.17, 15) is 4.57 Å². The molecule has 3 aliphatic carbocycles. The number of hydrogen-bond acceptors (Lipinski definition) is 4. The first-order chi connectivity index (χ1) is 8.23. The lowest BCUT2D eigenvalue weighted by Crippen LogP contribution is -2.29. The second-order valence-electron chi connectivity index (χ2n) is 5.42. The summed E-state index contributed by atoms with van der Waals surface area (Å²) in [4.78, 5) is 0. The molecule has 3 fully saturated rings. The summed E-state index contributed by atoms with van der Waals surface area (Å²) in [6, 6.07) is 0. The van der Waals surface area contributed by atoms with Crippen molar-refractivity contribution in [3.05, 3.63) is 0 Å². The minimum Gasteiger partial charge on any atom is -0.284 e. The molecule has 3 saturated carbocycles. The van der Waals surface area contributed by atoms with Crippen LogP contribution in [0.25, 0.3) is 0 Å². The van der Waals surface area contributed by atoms with Gasteiger partial charge in [0.05, 0.1) is 18.3 Å². The van der Waals surface area contributed by atoms with Gasteiger partial charge in [-0.3, -0.25) is 13.6 Å². The Balaban J connectivity index is 1.57. The van der Waals surface area contributed by atoms with E-state index in [1.165, 1.54) is 0 Å². The highest BCUT2D eigenvalue weighted by Crippen LogP contribution is 2.57. The molecule has 0 amide bonds. The van der Waals surface area contributed by atoms with Crippen molar-refractivity contribution < 1.29 is 18.1 Å². The van der Waals surface area contributed by atoms with Crippen molar-refractivity contribution in [3.63, 3.8) is 0 Å². The largest absolute Gasteiger partial charge is 0.475 e. The van der Waals surface area contributed by atoms with E-state index in [1.807, 2.05) is 0 Å². The maximum Gasteiger partial charge on any atom is 0.475 e. The van der Waals surface area contributed by atoms with Crippen molar-refractivity contribution in [1.82, 2.24) is 0 Å².